The van der Waals surface area contributed by atoms with Crippen molar-refractivity contribution in [1.82, 2.24) is 9.88 Å². The summed E-state index contributed by atoms with van der Waals surface area (Å²) >= 11 is 6.55. The Balaban J connectivity index is 1.26. The Morgan fingerprint density at radius 1 is 0.933 bits per heavy atom. The number of halogens is 1. The summed E-state index contributed by atoms with van der Waals surface area (Å²) in [6.45, 7) is 11.0. The molecule has 1 saturated heterocycles. The predicted octanol–water partition coefficient (Wildman–Crippen LogP) is 7.65. The molecule has 1 aliphatic rings. The van der Waals surface area contributed by atoms with Crippen LogP contribution < -0.4 is 14.2 Å². The first kappa shape index (κ1) is 32.3. The Bertz CT molecular complexity index is 1670. The zero-order valence-corrected chi connectivity index (χ0v) is 26.9. The van der Waals surface area contributed by atoms with Crippen LogP contribution in [-0.4, -0.2) is 41.2 Å². The number of aliphatic hydroxyl groups is 1. The van der Waals surface area contributed by atoms with Gasteiger partial charge in [0, 0.05) is 42.7 Å². The quantitative estimate of drug-likeness (QED) is 0.153. The molecule has 2 heterocycles. The molecule has 1 aromatic heterocycles. The largest absolute Gasteiger partial charge is 0.493 e. The highest BCUT2D eigenvalue weighted by Crippen LogP contribution is 2.36. The average molecular weight is 626 g/mol. The fourth-order valence-electron chi connectivity index (χ4n) is 5.78. The predicted molar refractivity (Wildman–Crippen MR) is 177 cm³/mol. The summed E-state index contributed by atoms with van der Waals surface area (Å²) in [7, 11) is 0. The number of rotatable bonds is 13. The number of benzene rings is 3. The normalized spacial score (nSPS) is 14.7. The van der Waals surface area contributed by atoms with Gasteiger partial charge in [-0.3, -0.25) is 4.98 Å². The molecule has 0 radical (unpaired) electrons. The van der Waals surface area contributed by atoms with Crippen molar-refractivity contribution in [2.75, 3.05) is 26.2 Å². The number of nitrogens with zero attached hydrogens (tertiary/aromatic N) is 3. The molecule has 7 nitrogen and oxygen atoms in total. The van der Waals surface area contributed by atoms with Crippen LogP contribution in [0.4, 0.5) is 0 Å². The second-order valence-corrected chi connectivity index (χ2v) is 12.1. The van der Waals surface area contributed by atoms with E-state index in [0.717, 1.165) is 58.0 Å². The van der Waals surface area contributed by atoms with Gasteiger partial charge in [0.25, 0.3) is 0 Å². The van der Waals surface area contributed by atoms with Gasteiger partial charge in [-0.25, -0.2) is 0 Å². The number of nitriles is 1. The Hall–Kier alpha value is -4.09. The van der Waals surface area contributed by atoms with Crippen molar-refractivity contribution in [3.63, 3.8) is 0 Å². The summed E-state index contributed by atoms with van der Waals surface area (Å²) in [5.74, 6) is 2.62. The molecule has 3 aromatic carbocycles. The van der Waals surface area contributed by atoms with Crippen LogP contribution in [0.15, 0.2) is 67.0 Å². The van der Waals surface area contributed by atoms with Crippen molar-refractivity contribution in [2.45, 2.75) is 53.4 Å². The first-order valence-electron chi connectivity index (χ1n) is 15.4. The van der Waals surface area contributed by atoms with Crippen LogP contribution in [0, 0.1) is 31.1 Å². The highest BCUT2D eigenvalue weighted by atomic mass is 35.5. The molecule has 1 aliphatic heterocycles. The molecule has 0 amide bonds. The summed E-state index contributed by atoms with van der Waals surface area (Å²) in [5.41, 5.74) is 7.26. The summed E-state index contributed by atoms with van der Waals surface area (Å²) in [6.07, 6.45) is 5.45. The number of hydrogen-bond donors (Lipinski definition) is 1. The lowest BCUT2D eigenvalue weighted by Gasteiger charge is -2.18. The van der Waals surface area contributed by atoms with E-state index in [4.69, 9.17) is 31.1 Å². The van der Waals surface area contributed by atoms with E-state index in [1.165, 1.54) is 25.7 Å². The van der Waals surface area contributed by atoms with E-state index in [2.05, 4.69) is 61.0 Å². The second-order valence-electron chi connectivity index (χ2n) is 11.7. The maximum Gasteiger partial charge on any atom is 0.142 e. The average Bonchev–Trinajstić information content (AvgIpc) is 3.47. The molecule has 1 N–H and O–H groups in total. The fourth-order valence-corrected chi connectivity index (χ4v) is 6.02. The van der Waals surface area contributed by atoms with E-state index in [9.17, 15) is 5.11 Å². The number of aliphatic hydroxyl groups excluding tert-OH is 1. The van der Waals surface area contributed by atoms with Crippen LogP contribution in [-0.2, 0) is 19.8 Å². The number of likely N-dealkylation sites (tertiary alicyclic amines) is 1. The Morgan fingerprint density at radius 3 is 2.47 bits per heavy atom. The van der Waals surface area contributed by atoms with Crippen LogP contribution >= 0.6 is 11.6 Å². The van der Waals surface area contributed by atoms with Crippen LogP contribution in [0.25, 0.3) is 11.1 Å². The van der Waals surface area contributed by atoms with E-state index in [1.54, 1.807) is 24.4 Å². The zero-order chi connectivity index (χ0) is 31.8. The Morgan fingerprint density at radius 2 is 1.71 bits per heavy atom. The van der Waals surface area contributed by atoms with Gasteiger partial charge in [0.1, 0.15) is 36.5 Å². The van der Waals surface area contributed by atoms with Crippen molar-refractivity contribution >= 4 is 11.6 Å². The van der Waals surface area contributed by atoms with Gasteiger partial charge in [0.15, 0.2) is 0 Å². The minimum atomic E-state index is -0.243. The maximum atomic E-state index is 9.91. The van der Waals surface area contributed by atoms with Crippen molar-refractivity contribution < 1.29 is 19.3 Å². The third-order valence-corrected chi connectivity index (χ3v) is 8.69. The van der Waals surface area contributed by atoms with E-state index in [0.29, 0.717) is 40.9 Å². The summed E-state index contributed by atoms with van der Waals surface area (Å²) in [5, 5.41) is 19.4. The molecule has 1 fully saturated rings. The first-order valence-corrected chi connectivity index (χ1v) is 15.8. The summed E-state index contributed by atoms with van der Waals surface area (Å²) in [4.78, 5) is 6.61. The lowest BCUT2D eigenvalue weighted by molar-refractivity contribution is 0.255. The van der Waals surface area contributed by atoms with Gasteiger partial charge < -0.3 is 24.2 Å². The van der Waals surface area contributed by atoms with Gasteiger partial charge in [0.2, 0.25) is 0 Å². The molecule has 8 heteroatoms. The third kappa shape index (κ3) is 8.15. The van der Waals surface area contributed by atoms with Crippen LogP contribution in [0.3, 0.4) is 0 Å². The second kappa shape index (κ2) is 15.3. The van der Waals surface area contributed by atoms with Crippen LogP contribution in [0.1, 0.15) is 53.1 Å². The molecule has 5 rings (SSSR count). The number of aromatic nitrogens is 1. The van der Waals surface area contributed by atoms with Gasteiger partial charge in [-0.15, -0.1) is 0 Å². The standard InChI is InChI=1S/C37H40ClN3O4/c1-25-11-13-41(21-25)12-6-14-43-35-10-5-9-33(27(35)3)32-8-4-7-30(26(32)2)24-45-37-17-36(31(22-42)16-34(37)38)44-23-29-15-28(18-39)19-40-20-29/h4-5,7-10,15-17,19-20,25,42H,6,11-14,21-24H2,1-3H3/t25-/m1/s1. The maximum absolute atomic E-state index is 9.91. The monoisotopic (exact) mass is 625 g/mol. The van der Waals surface area contributed by atoms with E-state index in [-0.39, 0.29) is 13.2 Å². The summed E-state index contributed by atoms with van der Waals surface area (Å²) < 4.78 is 18.5. The SMILES string of the molecule is Cc1c(COc2cc(OCc3cncc(C#N)c3)c(CO)cc2Cl)cccc1-c1cccc(OCCCN2CC[C@@H](C)C2)c1C. The molecule has 0 saturated carbocycles. The number of ether oxygens (including phenoxy) is 3. The molecule has 0 spiro atoms. The first-order chi connectivity index (χ1) is 21.9. The zero-order valence-electron chi connectivity index (χ0n) is 26.2. The van der Waals surface area contributed by atoms with Crippen molar-refractivity contribution in [1.29, 1.82) is 5.26 Å². The van der Waals surface area contributed by atoms with E-state index >= 15 is 0 Å². The molecule has 4 aromatic rings. The molecule has 1 atom stereocenters. The molecule has 0 unspecified atom stereocenters. The molecule has 0 aliphatic carbocycles. The fraction of sp³-hybridized carbons (Fsp3) is 0.351. The van der Waals surface area contributed by atoms with Crippen molar-refractivity contribution in [3.8, 4) is 34.4 Å². The van der Waals surface area contributed by atoms with Crippen molar-refractivity contribution in [2.24, 2.45) is 5.92 Å². The lowest BCUT2D eigenvalue weighted by Crippen LogP contribution is -2.23. The molecular formula is C37H40ClN3O4. The Labute approximate surface area is 271 Å². The third-order valence-electron chi connectivity index (χ3n) is 8.39. The van der Waals surface area contributed by atoms with Gasteiger partial charge in [-0.05, 0) is 85.2 Å². The Kier molecular flexibility index (Phi) is 11.0. The van der Waals surface area contributed by atoms with E-state index < -0.39 is 0 Å². The minimum absolute atomic E-state index is 0.178. The van der Waals surface area contributed by atoms with Gasteiger partial charge in [-0.1, -0.05) is 48.9 Å². The molecule has 0 bridgehead atoms. The van der Waals surface area contributed by atoms with Gasteiger partial charge >= 0.3 is 0 Å². The van der Waals surface area contributed by atoms with Crippen LogP contribution in [0.2, 0.25) is 5.02 Å². The van der Waals surface area contributed by atoms with Gasteiger partial charge in [0.05, 0.1) is 23.8 Å². The summed E-state index contributed by atoms with van der Waals surface area (Å²) in [6, 6.07) is 19.6. The molecular weight excluding hydrogens is 586 g/mol. The highest BCUT2D eigenvalue weighted by molar-refractivity contribution is 6.32. The molecule has 45 heavy (non-hydrogen) atoms. The molecule has 234 valence electrons. The smallest absolute Gasteiger partial charge is 0.142 e. The number of pyridine rings is 1. The number of hydrogen-bond acceptors (Lipinski definition) is 7. The van der Waals surface area contributed by atoms with Crippen LogP contribution in [0.5, 0.6) is 17.2 Å². The lowest BCUT2D eigenvalue weighted by atomic mass is 9.93. The topological polar surface area (TPSA) is 87.8 Å². The highest BCUT2D eigenvalue weighted by Gasteiger charge is 2.18. The van der Waals surface area contributed by atoms with E-state index in [1.807, 2.05) is 12.1 Å². The van der Waals surface area contributed by atoms with Gasteiger partial charge in [-0.2, -0.15) is 5.26 Å². The minimum Gasteiger partial charge on any atom is -0.493 e. The van der Waals surface area contributed by atoms with Crippen molar-refractivity contribution in [3.05, 3.63) is 105 Å².